The van der Waals surface area contributed by atoms with Crippen LogP contribution in [0.4, 0.5) is 0 Å². The fourth-order valence-electron chi connectivity index (χ4n) is 2.29. The van der Waals surface area contributed by atoms with Gasteiger partial charge in [-0.1, -0.05) is 72.3 Å². The van der Waals surface area contributed by atoms with Crippen molar-refractivity contribution in [1.29, 1.82) is 0 Å². The van der Waals surface area contributed by atoms with Gasteiger partial charge in [-0.15, -0.1) is 0 Å². The van der Waals surface area contributed by atoms with Gasteiger partial charge in [0.05, 0.1) is 5.56 Å². The van der Waals surface area contributed by atoms with Gasteiger partial charge in [0, 0.05) is 10.6 Å². The second kappa shape index (κ2) is 7.12. The van der Waals surface area contributed by atoms with Gasteiger partial charge in [0.2, 0.25) is 0 Å². The third-order valence-corrected chi connectivity index (χ3v) is 3.85. The number of rotatable bonds is 4. The summed E-state index contributed by atoms with van der Waals surface area (Å²) < 4.78 is 5.32. The largest absolute Gasteiger partial charge is 0.457 e. The first-order valence-electron chi connectivity index (χ1n) is 7.30. The van der Waals surface area contributed by atoms with Gasteiger partial charge in [0.25, 0.3) is 0 Å². The standard InChI is InChI=1S/C20H15ClO2/c21-19-9-5-4-8-18(19)16-10-12-17(13-11-16)20(22)23-14-15-6-2-1-3-7-15/h1-13H,14H2. The van der Waals surface area contributed by atoms with Crippen LogP contribution in [0.1, 0.15) is 15.9 Å². The second-order valence-electron chi connectivity index (χ2n) is 5.12. The van der Waals surface area contributed by atoms with E-state index >= 15 is 0 Å². The average molecular weight is 323 g/mol. The number of hydrogen-bond acceptors (Lipinski definition) is 2. The molecule has 23 heavy (non-hydrogen) atoms. The number of halogens is 1. The molecule has 0 bridgehead atoms. The highest BCUT2D eigenvalue weighted by Gasteiger charge is 2.08. The molecule has 0 aromatic heterocycles. The molecular formula is C20H15ClO2. The van der Waals surface area contributed by atoms with Crippen molar-refractivity contribution in [3.63, 3.8) is 0 Å². The maximum Gasteiger partial charge on any atom is 0.338 e. The molecule has 3 heteroatoms. The first-order chi connectivity index (χ1) is 11.2. The van der Waals surface area contributed by atoms with Gasteiger partial charge in [0.1, 0.15) is 6.61 Å². The van der Waals surface area contributed by atoms with Crippen molar-refractivity contribution in [1.82, 2.24) is 0 Å². The van der Waals surface area contributed by atoms with Crippen LogP contribution in [0.15, 0.2) is 78.9 Å². The van der Waals surface area contributed by atoms with Crippen LogP contribution in [0.3, 0.4) is 0 Å². The molecule has 0 saturated carbocycles. The maximum atomic E-state index is 12.1. The van der Waals surface area contributed by atoms with E-state index in [0.717, 1.165) is 16.7 Å². The molecule has 0 radical (unpaired) electrons. The molecule has 0 atom stereocenters. The summed E-state index contributed by atoms with van der Waals surface area (Å²) in [6.45, 7) is 0.270. The van der Waals surface area contributed by atoms with Gasteiger partial charge in [-0.05, 0) is 29.3 Å². The fourth-order valence-corrected chi connectivity index (χ4v) is 2.53. The maximum absolute atomic E-state index is 12.1. The zero-order valence-corrected chi connectivity index (χ0v) is 13.2. The van der Waals surface area contributed by atoms with E-state index < -0.39 is 0 Å². The summed E-state index contributed by atoms with van der Waals surface area (Å²) in [5.41, 5.74) is 3.40. The van der Waals surface area contributed by atoms with Crippen molar-refractivity contribution in [3.05, 3.63) is 95.0 Å². The number of carbonyl (C=O) groups excluding carboxylic acids is 1. The fraction of sp³-hybridized carbons (Fsp3) is 0.0500. The molecule has 3 rings (SSSR count). The van der Waals surface area contributed by atoms with E-state index in [1.807, 2.05) is 66.7 Å². The molecular weight excluding hydrogens is 308 g/mol. The zero-order valence-electron chi connectivity index (χ0n) is 12.4. The molecule has 3 aromatic carbocycles. The predicted octanol–water partition coefficient (Wildman–Crippen LogP) is 5.36. The SMILES string of the molecule is O=C(OCc1ccccc1)c1ccc(-c2ccccc2Cl)cc1. The summed E-state index contributed by atoms with van der Waals surface area (Å²) in [4.78, 5) is 12.1. The smallest absolute Gasteiger partial charge is 0.338 e. The number of hydrogen-bond donors (Lipinski definition) is 0. The second-order valence-corrected chi connectivity index (χ2v) is 5.53. The number of benzene rings is 3. The van der Waals surface area contributed by atoms with E-state index in [2.05, 4.69) is 0 Å². The summed E-state index contributed by atoms with van der Waals surface area (Å²) in [5.74, 6) is -0.334. The van der Waals surface area contributed by atoms with Gasteiger partial charge in [-0.2, -0.15) is 0 Å². The zero-order chi connectivity index (χ0) is 16.1. The predicted molar refractivity (Wildman–Crippen MR) is 92.4 cm³/mol. The van der Waals surface area contributed by atoms with E-state index in [-0.39, 0.29) is 12.6 Å². The minimum Gasteiger partial charge on any atom is -0.457 e. The molecule has 0 fully saturated rings. The van der Waals surface area contributed by atoms with Crippen molar-refractivity contribution >= 4 is 17.6 Å². The van der Waals surface area contributed by atoms with Crippen LogP contribution in [0, 0.1) is 0 Å². The third kappa shape index (κ3) is 3.79. The van der Waals surface area contributed by atoms with Crippen molar-refractivity contribution in [2.45, 2.75) is 6.61 Å². The van der Waals surface area contributed by atoms with Gasteiger partial charge >= 0.3 is 5.97 Å². The molecule has 2 nitrogen and oxygen atoms in total. The molecule has 0 saturated heterocycles. The Bertz CT molecular complexity index is 795. The highest BCUT2D eigenvalue weighted by molar-refractivity contribution is 6.33. The van der Waals surface area contributed by atoms with Crippen LogP contribution in [0.25, 0.3) is 11.1 Å². The normalized spacial score (nSPS) is 10.3. The highest BCUT2D eigenvalue weighted by Crippen LogP contribution is 2.27. The van der Waals surface area contributed by atoms with Crippen LogP contribution in [-0.4, -0.2) is 5.97 Å². The van der Waals surface area contributed by atoms with Crippen molar-refractivity contribution in [3.8, 4) is 11.1 Å². The Hall–Kier alpha value is -2.58. The van der Waals surface area contributed by atoms with Crippen LogP contribution < -0.4 is 0 Å². The van der Waals surface area contributed by atoms with E-state index in [9.17, 15) is 4.79 Å². The molecule has 0 amide bonds. The van der Waals surface area contributed by atoms with E-state index in [1.54, 1.807) is 12.1 Å². The first kappa shape index (κ1) is 15.3. The average Bonchev–Trinajstić information content (AvgIpc) is 2.61. The van der Waals surface area contributed by atoms with Crippen LogP contribution >= 0.6 is 11.6 Å². The summed E-state index contributed by atoms with van der Waals surface area (Å²) in [6.07, 6.45) is 0. The molecule has 0 unspecified atom stereocenters. The van der Waals surface area contributed by atoms with Gasteiger partial charge in [-0.25, -0.2) is 4.79 Å². The Kier molecular flexibility index (Phi) is 4.74. The molecule has 0 N–H and O–H groups in total. The molecule has 3 aromatic rings. The molecule has 0 aliphatic heterocycles. The van der Waals surface area contributed by atoms with Gasteiger partial charge < -0.3 is 4.74 Å². The topological polar surface area (TPSA) is 26.3 Å². The quantitative estimate of drug-likeness (QED) is 0.604. The molecule has 114 valence electrons. The lowest BCUT2D eigenvalue weighted by Crippen LogP contribution is -2.05. The molecule has 0 spiro atoms. The van der Waals surface area contributed by atoms with Crippen LogP contribution in [0.5, 0.6) is 0 Å². The number of ether oxygens (including phenoxy) is 1. The van der Waals surface area contributed by atoms with Gasteiger partial charge in [0.15, 0.2) is 0 Å². The lowest BCUT2D eigenvalue weighted by atomic mass is 10.0. The Morgan fingerprint density at radius 2 is 1.48 bits per heavy atom. The van der Waals surface area contributed by atoms with Gasteiger partial charge in [-0.3, -0.25) is 0 Å². The summed E-state index contributed by atoms with van der Waals surface area (Å²) in [7, 11) is 0. The lowest BCUT2D eigenvalue weighted by Gasteiger charge is -2.07. The first-order valence-corrected chi connectivity index (χ1v) is 7.68. The highest BCUT2D eigenvalue weighted by atomic mass is 35.5. The monoisotopic (exact) mass is 322 g/mol. The minimum atomic E-state index is -0.334. The van der Waals surface area contributed by atoms with Crippen molar-refractivity contribution < 1.29 is 9.53 Å². The Labute approximate surface area is 140 Å². The van der Waals surface area contributed by atoms with E-state index in [0.29, 0.717) is 10.6 Å². The van der Waals surface area contributed by atoms with Crippen LogP contribution in [-0.2, 0) is 11.3 Å². The molecule has 0 aliphatic carbocycles. The Morgan fingerprint density at radius 1 is 0.826 bits per heavy atom. The summed E-state index contributed by atoms with van der Waals surface area (Å²) >= 11 is 6.19. The lowest BCUT2D eigenvalue weighted by molar-refractivity contribution is 0.0473. The molecule has 0 heterocycles. The number of esters is 1. The Balaban J connectivity index is 1.70. The third-order valence-electron chi connectivity index (χ3n) is 3.52. The van der Waals surface area contributed by atoms with Crippen molar-refractivity contribution in [2.75, 3.05) is 0 Å². The summed E-state index contributed by atoms with van der Waals surface area (Å²) in [5, 5.41) is 0.687. The van der Waals surface area contributed by atoms with E-state index in [4.69, 9.17) is 16.3 Å². The Morgan fingerprint density at radius 3 is 2.17 bits per heavy atom. The summed E-state index contributed by atoms with van der Waals surface area (Å²) in [6, 6.07) is 24.5. The minimum absolute atomic E-state index is 0.270. The van der Waals surface area contributed by atoms with Crippen molar-refractivity contribution in [2.24, 2.45) is 0 Å². The number of carbonyl (C=O) groups is 1. The van der Waals surface area contributed by atoms with E-state index in [1.165, 1.54) is 0 Å². The molecule has 0 aliphatic rings. The van der Waals surface area contributed by atoms with Crippen LogP contribution in [0.2, 0.25) is 5.02 Å².